The summed E-state index contributed by atoms with van der Waals surface area (Å²) in [4.78, 5) is 34.4. The third-order valence-electron chi connectivity index (χ3n) is 6.53. The number of ether oxygens (including phenoxy) is 2. The van der Waals surface area contributed by atoms with Gasteiger partial charge in [-0.3, -0.25) is 9.59 Å². The standard InChI is InChI=1S/C27H32ClN5O4/c1-26(2,33-20-29-19-30-33)25(35)32-13-14-37-27(17-32,18-36-23-11-9-22(28)10-12-23)15-24(34)31(3)16-21-7-5-4-6-8-21/h4-12,19-20H,13-18H2,1-3H3/t27-/m0/s1. The van der Waals surface area contributed by atoms with Crippen LogP contribution in [-0.2, 0) is 26.4 Å². The summed E-state index contributed by atoms with van der Waals surface area (Å²) in [6, 6.07) is 16.8. The van der Waals surface area contributed by atoms with Crippen LogP contribution in [0, 0.1) is 0 Å². The number of carbonyl (C=O) groups excluding carboxylic acids is 2. The van der Waals surface area contributed by atoms with Gasteiger partial charge < -0.3 is 19.3 Å². The third kappa shape index (κ3) is 6.47. The molecule has 0 aliphatic carbocycles. The van der Waals surface area contributed by atoms with Crippen LogP contribution in [0.3, 0.4) is 0 Å². The first-order valence-electron chi connectivity index (χ1n) is 12.1. The fraction of sp³-hybridized carbons (Fsp3) is 0.407. The highest BCUT2D eigenvalue weighted by Crippen LogP contribution is 2.28. The van der Waals surface area contributed by atoms with Crippen molar-refractivity contribution in [3.05, 3.63) is 77.8 Å². The minimum Gasteiger partial charge on any atom is -0.490 e. The van der Waals surface area contributed by atoms with Crippen molar-refractivity contribution in [2.45, 2.75) is 38.0 Å². The smallest absolute Gasteiger partial charge is 0.250 e. The molecular weight excluding hydrogens is 494 g/mol. The molecule has 0 radical (unpaired) electrons. The van der Waals surface area contributed by atoms with E-state index in [1.807, 2.05) is 30.3 Å². The topological polar surface area (TPSA) is 89.8 Å². The molecule has 0 saturated carbocycles. The van der Waals surface area contributed by atoms with E-state index >= 15 is 0 Å². The third-order valence-corrected chi connectivity index (χ3v) is 6.78. The summed E-state index contributed by atoms with van der Waals surface area (Å²) in [6.45, 7) is 5.02. The highest BCUT2D eigenvalue weighted by atomic mass is 35.5. The summed E-state index contributed by atoms with van der Waals surface area (Å²) in [7, 11) is 1.77. The molecular formula is C27H32ClN5O4. The van der Waals surface area contributed by atoms with Gasteiger partial charge in [-0.25, -0.2) is 9.67 Å². The lowest BCUT2D eigenvalue weighted by atomic mass is 9.94. The Morgan fingerprint density at radius 2 is 1.89 bits per heavy atom. The lowest BCUT2D eigenvalue weighted by Crippen LogP contribution is -2.61. The molecule has 2 aromatic carbocycles. The summed E-state index contributed by atoms with van der Waals surface area (Å²) in [6.07, 6.45) is 2.98. The number of nitrogens with zero attached hydrogens (tertiary/aromatic N) is 5. The molecule has 196 valence electrons. The van der Waals surface area contributed by atoms with E-state index in [0.717, 1.165) is 5.56 Å². The van der Waals surface area contributed by atoms with Crippen molar-refractivity contribution in [1.82, 2.24) is 24.6 Å². The predicted molar refractivity (Wildman–Crippen MR) is 139 cm³/mol. The van der Waals surface area contributed by atoms with Crippen LogP contribution in [0.15, 0.2) is 67.3 Å². The molecule has 1 fully saturated rings. The van der Waals surface area contributed by atoms with Crippen LogP contribution >= 0.6 is 11.6 Å². The maximum Gasteiger partial charge on any atom is 0.250 e. The second-order valence-corrected chi connectivity index (χ2v) is 10.2. The quantitative estimate of drug-likeness (QED) is 0.425. The molecule has 0 N–H and O–H groups in total. The van der Waals surface area contributed by atoms with Gasteiger partial charge in [0.2, 0.25) is 11.8 Å². The van der Waals surface area contributed by atoms with E-state index in [1.165, 1.54) is 17.3 Å². The second kappa shape index (κ2) is 11.3. The van der Waals surface area contributed by atoms with E-state index in [9.17, 15) is 9.59 Å². The van der Waals surface area contributed by atoms with Crippen molar-refractivity contribution < 1.29 is 19.1 Å². The predicted octanol–water partition coefficient (Wildman–Crippen LogP) is 3.39. The van der Waals surface area contributed by atoms with Gasteiger partial charge in [0, 0.05) is 25.2 Å². The Labute approximate surface area is 221 Å². The molecule has 37 heavy (non-hydrogen) atoms. The van der Waals surface area contributed by atoms with Crippen molar-refractivity contribution in [2.24, 2.45) is 0 Å². The zero-order chi connectivity index (χ0) is 26.5. The molecule has 1 saturated heterocycles. The van der Waals surface area contributed by atoms with Crippen molar-refractivity contribution in [1.29, 1.82) is 0 Å². The Morgan fingerprint density at radius 1 is 1.16 bits per heavy atom. The van der Waals surface area contributed by atoms with Crippen LogP contribution in [0.5, 0.6) is 5.75 Å². The van der Waals surface area contributed by atoms with Crippen LogP contribution in [0.4, 0.5) is 0 Å². The zero-order valence-electron chi connectivity index (χ0n) is 21.3. The molecule has 9 nitrogen and oxygen atoms in total. The van der Waals surface area contributed by atoms with E-state index < -0.39 is 11.1 Å². The Balaban J connectivity index is 1.53. The van der Waals surface area contributed by atoms with Gasteiger partial charge in [-0.1, -0.05) is 41.9 Å². The van der Waals surface area contributed by atoms with Gasteiger partial charge in [0.25, 0.3) is 0 Å². The Kier molecular flexibility index (Phi) is 8.14. The van der Waals surface area contributed by atoms with Crippen LogP contribution < -0.4 is 4.74 Å². The summed E-state index contributed by atoms with van der Waals surface area (Å²) in [5, 5.41) is 4.76. The van der Waals surface area contributed by atoms with Crippen molar-refractivity contribution >= 4 is 23.4 Å². The number of morpholine rings is 1. The Morgan fingerprint density at radius 3 is 2.57 bits per heavy atom. The SMILES string of the molecule is CN(Cc1ccccc1)C(=O)C[C@@]1(COc2ccc(Cl)cc2)CN(C(=O)C(C)(C)n2cncn2)CCO1. The molecule has 2 amide bonds. The van der Waals surface area contributed by atoms with Crippen LogP contribution in [-0.4, -0.2) is 75.3 Å². The number of amides is 2. The Bertz CT molecular complexity index is 1190. The van der Waals surface area contributed by atoms with E-state index in [2.05, 4.69) is 10.1 Å². The van der Waals surface area contributed by atoms with Gasteiger partial charge in [-0.15, -0.1) is 0 Å². The van der Waals surface area contributed by atoms with E-state index in [-0.39, 0.29) is 38.0 Å². The molecule has 3 aromatic rings. The normalized spacial score (nSPS) is 17.9. The van der Waals surface area contributed by atoms with Gasteiger partial charge in [0.15, 0.2) is 0 Å². The molecule has 1 atom stereocenters. The van der Waals surface area contributed by atoms with Crippen molar-refractivity contribution in [2.75, 3.05) is 33.4 Å². The monoisotopic (exact) mass is 525 g/mol. The maximum atomic E-state index is 13.6. The molecule has 0 spiro atoms. The molecule has 0 bridgehead atoms. The van der Waals surface area contributed by atoms with Crippen LogP contribution in [0.25, 0.3) is 0 Å². The molecule has 2 heterocycles. The molecule has 1 aromatic heterocycles. The average molecular weight is 526 g/mol. The fourth-order valence-electron chi connectivity index (χ4n) is 4.35. The molecule has 1 aliphatic rings. The van der Waals surface area contributed by atoms with Crippen LogP contribution in [0.2, 0.25) is 5.02 Å². The van der Waals surface area contributed by atoms with E-state index in [0.29, 0.717) is 23.9 Å². The lowest BCUT2D eigenvalue weighted by molar-refractivity contribution is -0.170. The van der Waals surface area contributed by atoms with E-state index in [4.69, 9.17) is 21.1 Å². The maximum absolute atomic E-state index is 13.6. The first-order chi connectivity index (χ1) is 17.7. The number of carbonyl (C=O) groups is 2. The van der Waals surface area contributed by atoms with Crippen molar-refractivity contribution in [3.63, 3.8) is 0 Å². The number of hydrogen-bond acceptors (Lipinski definition) is 6. The van der Waals surface area contributed by atoms with Crippen LogP contribution in [0.1, 0.15) is 25.8 Å². The first kappa shape index (κ1) is 26.6. The van der Waals surface area contributed by atoms with Gasteiger partial charge in [0.1, 0.15) is 36.2 Å². The molecule has 10 heteroatoms. The fourth-order valence-corrected chi connectivity index (χ4v) is 4.47. The number of rotatable bonds is 9. The summed E-state index contributed by atoms with van der Waals surface area (Å²) in [5.41, 5.74) is -0.959. The number of hydrogen-bond donors (Lipinski definition) is 0. The highest BCUT2D eigenvalue weighted by molar-refractivity contribution is 6.30. The lowest BCUT2D eigenvalue weighted by Gasteiger charge is -2.44. The van der Waals surface area contributed by atoms with Gasteiger partial charge in [-0.05, 0) is 43.7 Å². The average Bonchev–Trinajstić information content (AvgIpc) is 3.45. The second-order valence-electron chi connectivity index (χ2n) is 9.81. The number of aromatic nitrogens is 3. The number of halogens is 1. The summed E-state index contributed by atoms with van der Waals surface area (Å²) >= 11 is 6.01. The van der Waals surface area contributed by atoms with Gasteiger partial charge in [0.05, 0.1) is 19.6 Å². The van der Waals surface area contributed by atoms with Gasteiger partial charge >= 0.3 is 0 Å². The minimum atomic E-state index is -1.03. The number of benzene rings is 2. The molecule has 1 aliphatic heterocycles. The van der Waals surface area contributed by atoms with Crippen molar-refractivity contribution in [3.8, 4) is 5.75 Å². The highest BCUT2D eigenvalue weighted by Gasteiger charge is 2.45. The molecule has 0 unspecified atom stereocenters. The minimum absolute atomic E-state index is 0.0530. The zero-order valence-corrected chi connectivity index (χ0v) is 22.1. The van der Waals surface area contributed by atoms with E-state index in [1.54, 1.807) is 55.0 Å². The van der Waals surface area contributed by atoms with Gasteiger partial charge in [-0.2, -0.15) is 5.10 Å². The Hall–Kier alpha value is -3.43. The summed E-state index contributed by atoms with van der Waals surface area (Å²) < 4.78 is 13.8. The largest absolute Gasteiger partial charge is 0.490 e. The first-order valence-corrected chi connectivity index (χ1v) is 12.5. The summed E-state index contributed by atoms with van der Waals surface area (Å²) in [5.74, 6) is 0.361. The molecule has 4 rings (SSSR count).